The summed E-state index contributed by atoms with van der Waals surface area (Å²) < 4.78 is 63.4. The lowest BCUT2D eigenvalue weighted by molar-refractivity contribution is -0.134. The summed E-state index contributed by atoms with van der Waals surface area (Å²) in [5.74, 6) is -2.90. The van der Waals surface area contributed by atoms with E-state index >= 15 is 9.18 Å². The van der Waals surface area contributed by atoms with E-state index in [2.05, 4.69) is 39.2 Å². The van der Waals surface area contributed by atoms with Crippen LogP contribution in [-0.4, -0.2) is 31.8 Å². The van der Waals surface area contributed by atoms with Gasteiger partial charge in [0.05, 0.1) is 18.1 Å². The second-order valence-electron chi connectivity index (χ2n) is 15.9. The molecule has 1 N–H and O–H groups in total. The first kappa shape index (κ1) is 41.2. The molecule has 1 saturated heterocycles. The van der Waals surface area contributed by atoms with Crippen LogP contribution < -0.4 is 10.1 Å². The largest absolute Gasteiger partial charge is 0.489 e. The Labute approximate surface area is 333 Å². The number of amides is 2. The molecule has 0 bridgehead atoms. The van der Waals surface area contributed by atoms with Gasteiger partial charge < -0.3 is 19.2 Å². The minimum Gasteiger partial charge on any atom is -0.489 e. The van der Waals surface area contributed by atoms with Gasteiger partial charge in [-0.25, -0.2) is 22.9 Å². The number of anilines is 1. The van der Waals surface area contributed by atoms with Crippen molar-refractivity contribution in [2.24, 2.45) is 5.92 Å². The van der Waals surface area contributed by atoms with Crippen LogP contribution in [0.25, 0.3) is 0 Å². The standard InChI is InChI=1S/C46H49F3N2O5Si/c1-46(2,3)57(4,5)56-42(33-16-18-34(47)19-17-33)27-26-39(44(52)51-41(30-55-45(51)53)32-14-10-7-11-15-32)43(50-36-22-20-35(48)21-23-36)38-25-24-37(28-40(38)49)54-29-31-12-8-6-9-13-31/h6-25,28,39,41-43,50H,26-27,29-30H2,1-5H3/t39?,41-,42+,43?/m1/s1. The Kier molecular flexibility index (Phi) is 12.9. The lowest BCUT2D eigenvalue weighted by Gasteiger charge is -2.40. The molecule has 0 radical (unpaired) electrons. The quantitative estimate of drug-likeness (QED) is 0.106. The predicted molar refractivity (Wildman–Crippen MR) is 217 cm³/mol. The third kappa shape index (κ3) is 10.1. The Morgan fingerprint density at radius 1 is 0.842 bits per heavy atom. The third-order valence-corrected chi connectivity index (χ3v) is 15.4. The van der Waals surface area contributed by atoms with Gasteiger partial charge in [-0.1, -0.05) is 99.6 Å². The number of imide groups is 1. The Hall–Kier alpha value is -5.39. The van der Waals surface area contributed by atoms with Gasteiger partial charge in [0.1, 0.15) is 42.5 Å². The van der Waals surface area contributed by atoms with Gasteiger partial charge in [-0.05, 0) is 90.1 Å². The van der Waals surface area contributed by atoms with Crippen LogP contribution in [0.2, 0.25) is 18.1 Å². The molecule has 0 aliphatic carbocycles. The number of rotatable bonds is 15. The molecular weight excluding hydrogens is 746 g/mol. The summed E-state index contributed by atoms with van der Waals surface area (Å²) in [6.45, 7) is 10.8. The topological polar surface area (TPSA) is 77.1 Å². The SMILES string of the molecule is CC(C)(C)[Si](C)(C)O[C@@H](CCC(C(=O)N1C(=O)OC[C@@H]1c1ccccc1)C(Nc1ccc(F)cc1)c1ccc(OCc2ccccc2)cc1F)c1ccc(F)cc1. The van der Waals surface area contributed by atoms with Gasteiger partial charge >= 0.3 is 6.09 Å². The molecule has 57 heavy (non-hydrogen) atoms. The van der Waals surface area contributed by atoms with Gasteiger partial charge in [0.25, 0.3) is 0 Å². The molecule has 4 atom stereocenters. The first-order valence-electron chi connectivity index (χ1n) is 19.2. The van der Waals surface area contributed by atoms with Gasteiger partial charge in [0, 0.05) is 17.3 Å². The average molecular weight is 795 g/mol. The fourth-order valence-corrected chi connectivity index (χ4v) is 8.06. The van der Waals surface area contributed by atoms with Crippen LogP contribution in [0.4, 0.5) is 23.7 Å². The van der Waals surface area contributed by atoms with Crippen molar-refractivity contribution in [2.45, 2.75) is 76.5 Å². The summed E-state index contributed by atoms with van der Waals surface area (Å²) in [5, 5.41) is 3.15. The summed E-state index contributed by atoms with van der Waals surface area (Å²) in [6.07, 6.45) is -1.01. The highest BCUT2D eigenvalue weighted by Crippen LogP contribution is 2.43. The summed E-state index contributed by atoms with van der Waals surface area (Å²) in [6, 6.07) is 33.0. The maximum Gasteiger partial charge on any atom is 0.417 e. The van der Waals surface area contributed by atoms with E-state index < -0.39 is 61.9 Å². The Morgan fingerprint density at radius 2 is 1.46 bits per heavy atom. The molecule has 0 aromatic heterocycles. The van der Waals surface area contributed by atoms with Crippen LogP contribution >= 0.6 is 0 Å². The van der Waals surface area contributed by atoms with E-state index in [4.69, 9.17) is 13.9 Å². The lowest BCUT2D eigenvalue weighted by Crippen LogP contribution is -2.43. The van der Waals surface area contributed by atoms with Crippen molar-refractivity contribution in [1.82, 2.24) is 4.90 Å². The molecule has 1 heterocycles. The molecule has 0 spiro atoms. The third-order valence-electron chi connectivity index (χ3n) is 11.0. The average Bonchev–Trinajstić information content (AvgIpc) is 3.58. The molecule has 7 nitrogen and oxygen atoms in total. The highest BCUT2D eigenvalue weighted by molar-refractivity contribution is 6.74. The number of ether oxygens (including phenoxy) is 2. The number of nitrogens with zero attached hydrogens (tertiary/aromatic N) is 1. The summed E-state index contributed by atoms with van der Waals surface area (Å²) >= 11 is 0. The van der Waals surface area contributed by atoms with Gasteiger partial charge in [-0.2, -0.15) is 0 Å². The van der Waals surface area contributed by atoms with Crippen LogP contribution in [-0.2, 0) is 20.6 Å². The number of carbonyl (C=O) groups excluding carboxylic acids is 2. The number of halogens is 3. The Bertz CT molecular complexity index is 2110. The van der Waals surface area contributed by atoms with Crippen molar-refractivity contribution in [3.63, 3.8) is 0 Å². The molecule has 1 fully saturated rings. The molecule has 11 heteroatoms. The van der Waals surface area contributed by atoms with Crippen LogP contribution in [0.1, 0.15) is 74.1 Å². The van der Waals surface area contributed by atoms with Gasteiger partial charge in [0.15, 0.2) is 8.32 Å². The minimum absolute atomic E-state index is 0.0497. The fraction of sp³-hybridized carbons (Fsp3) is 0.304. The van der Waals surface area contributed by atoms with E-state index in [0.717, 1.165) is 16.0 Å². The molecule has 6 rings (SSSR count). The number of benzene rings is 5. The second-order valence-corrected chi connectivity index (χ2v) is 20.7. The normalized spacial score (nSPS) is 16.1. The Balaban J connectivity index is 1.43. The van der Waals surface area contributed by atoms with Gasteiger partial charge in [-0.3, -0.25) is 4.79 Å². The zero-order valence-corrected chi connectivity index (χ0v) is 33.9. The van der Waals surface area contributed by atoms with E-state index in [1.807, 2.05) is 60.7 Å². The molecule has 0 saturated carbocycles. The fourth-order valence-electron chi connectivity index (χ4n) is 6.74. The maximum absolute atomic E-state index is 16.6. The number of nitrogens with one attached hydrogen (secondary N) is 1. The van der Waals surface area contributed by atoms with E-state index in [1.54, 1.807) is 24.3 Å². The van der Waals surface area contributed by atoms with Gasteiger partial charge in [0.2, 0.25) is 5.91 Å². The molecule has 2 amide bonds. The van der Waals surface area contributed by atoms with Crippen LogP contribution in [0.15, 0.2) is 127 Å². The monoisotopic (exact) mass is 794 g/mol. The van der Waals surface area contributed by atoms with E-state index in [-0.39, 0.29) is 42.4 Å². The summed E-state index contributed by atoms with van der Waals surface area (Å²) in [4.78, 5) is 29.8. The van der Waals surface area contributed by atoms with Crippen molar-refractivity contribution in [1.29, 1.82) is 0 Å². The molecule has 5 aromatic rings. The predicted octanol–water partition coefficient (Wildman–Crippen LogP) is 11.7. The van der Waals surface area contributed by atoms with Gasteiger partial charge in [-0.15, -0.1) is 0 Å². The molecule has 2 unspecified atom stereocenters. The minimum atomic E-state index is -2.45. The Morgan fingerprint density at radius 3 is 2.07 bits per heavy atom. The van der Waals surface area contributed by atoms with Crippen molar-refractivity contribution in [3.8, 4) is 5.75 Å². The van der Waals surface area contributed by atoms with Crippen molar-refractivity contribution in [2.75, 3.05) is 11.9 Å². The molecular formula is C46H49F3N2O5Si. The highest BCUT2D eigenvalue weighted by Gasteiger charge is 2.45. The molecule has 5 aromatic carbocycles. The zero-order chi connectivity index (χ0) is 40.7. The number of hydrogen-bond acceptors (Lipinski definition) is 6. The van der Waals surface area contributed by atoms with Crippen LogP contribution in [0.5, 0.6) is 5.75 Å². The van der Waals surface area contributed by atoms with Crippen LogP contribution in [0.3, 0.4) is 0 Å². The van der Waals surface area contributed by atoms with E-state index in [0.29, 0.717) is 11.3 Å². The smallest absolute Gasteiger partial charge is 0.417 e. The van der Waals surface area contributed by atoms with Crippen LogP contribution in [0, 0.1) is 23.4 Å². The van der Waals surface area contributed by atoms with Crippen molar-refractivity contribution in [3.05, 3.63) is 167 Å². The highest BCUT2D eigenvalue weighted by atomic mass is 28.4. The molecule has 1 aliphatic rings. The zero-order valence-electron chi connectivity index (χ0n) is 32.9. The second kappa shape index (κ2) is 17.8. The van der Waals surface area contributed by atoms with Crippen molar-refractivity contribution >= 4 is 26.0 Å². The maximum atomic E-state index is 16.6. The molecule has 298 valence electrons. The molecule has 1 aliphatic heterocycles. The van der Waals surface area contributed by atoms with Crippen molar-refractivity contribution < 1.29 is 36.7 Å². The first-order chi connectivity index (χ1) is 27.2. The first-order valence-corrected chi connectivity index (χ1v) is 22.1. The number of carbonyl (C=O) groups is 2. The summed E-state index contributed by atoms with van der Waals surface area (Å²) in [5.41, 5.74) is 2.90. The lowest BCUT2D eigenvalue weighted by atomic mass is 9.85. The van der Waals surface area contributed by atoms with E-state index in [1.165, 1.54) is 42.5 Å². The summed E-state index contributed by atoms with van der Waals surface area (Å²) in [7, 11) is -2.45. The number of cyclic esters (lactones) is 1. The number of hydrogen-bond donors (Lipinski definition) is 1. The van der Waals surface area contributed by atoms with E-state index in [9.17, 15) is 13.6 Å².